The summed E-state index contributed by atoms with van der Waals surface area (Å²) in [5.74, 6) is 0.900. The monoisotopic (exact) mass is 313 g/mol. The predicted octanol–water partition coefficient (Wildman–Crippen LogP) is 2.00. The maximum absolute atomic E-state index is 12.7. The molecule has 0 spiro atoms. The first-order valence-corrected chi connectivity index (χ1v) is 8.72. The molecule has 5 nitrogen and oxygen atoms in total. The molecule has 1 aromatic rings. The summed E-state index contributed by atoms with van der Waals surface area (Å²) >= 11 is 0. The third-order valence-corrected chi connectivity index (χ3v) is 5.81. The van der Waals surface area contributed by atoms with Gasteiger partial charge in [0.2, 0.25) is 10.0 Å². The Labute approximate surface area is 126 Å². The van der Waals surface area contributed by atoms with E-state index in [0.29, 0.717) is 30.4 Å². The number of hydrogen-bond acceptors (Lipinski definition) is 4. The van der Waals surface area contributed by atoms with Crippen molar-refractivity contribution in [2.24, 2.45) is 5.92 Å². The Hall–Kier alpha value is -1.11. The average molecular weight is 313 g/mol. The molecule has 1 aliphatic heterocycles. The van der Waals surface area contributed by atoms with Crippen LogP contribution in [0.2, 0.25) is 0 Å². The lowest BCUT2D eigenvalue weighted by atomic mass is 10.1. The normalized spacial score (nSPS) is 23.4. The highest BCUT2D eigenvalue weighted by Gasteiger charge is 2.36. The number of hydrogen-bond donors (Lipinski definition) is 1. The molecule has 6 heteroatoms. The van der Waals surface area contributed by atoms with Gasteiger partial charge >= 0.3 is 0 Å². The maximum atomic E-state index is 12.7. The number of ether oxygens (including phenoxy) is 1. The molecule has 0 amide bonds. The second kappa shape index (κ2) is 6.34. The highest BCUT2D eigenvalue weighted by Crippen LogP contribution is 2.31. The molecule has 21 heavy (non-hydrogen) atoms. The van der Waals surface area contributed by atoms with E-state index in [1.165, 1.54) is 6.07 Å². The van der Waals surface area contributed by atoms with Crippen LogP contribution in [0.15, 0.2) is 23.1 Å². The standard InChI is InChI=1S/C15H23NO4S/c1-4-20-15-6-5-14(8-13(15)10-17)21(18,19)16-9-11(2)7-12(16)3/h5-6,8,11-12,17H,4,7,9-10H2,1-3H3. The maximum Gasteiger partial charge on any atom is 0.243 e. The highest BCUT2D eigenvalue weighted by molar-refractivity contribution is 7.89. The fourth-order valence-electron chi connectivity index (χ4n) is 2.87. The van der Waals surface area contributed by atoms with E-state index in [1.54, 1.807) is 16.4 Å². The van der Waals surface area contributed by atoms with E-state index in [-0.39, 0.29) is 17.5 Å². The minimum absolute atomic E-state index is 0.00847. The molecule has 0 radical (unpaired) electrons. The Bertz CT molecular complexity index is 600. The highest BCUT2D eigenvalue weighted by atomic mass is 32.2. The zero-order valence-electron chi connectivity index (χ0n) is 12.7. The number of benzene rings is 1. The Morgan fingerprint density at radius 2 is 2.10 bits per heavy atom. The SMILES string of the molecule is CCOc1ccc(S(=O)(=O)N2CC(C)CC2C)cc1CO. The number of aliphatic hydroxyl groups excluding tert-OH is 1. The zero-order valence-corrected chi connectivity index (χ0v) is 13.6. The molecule has 1 fully saturated rings. The second-order valence-corrected chi connectivity index (χ2v) is 7.52. The molecule has 118 valence electrons. The summed E-state index contributed by atoms with van der Waals surface area (Å²) in [6.07, 6.45) is 0.878. The van der Waals surface area contributed by atoms with Crippen LogP contribution >= 0.6 is 0 Å². The van der Waals surface area contributed by atoms with Gasteiger partial charge in [0.15, 0.2) is 0 Å². The van der Waals surface area contributed by atoms with Crippen LogP contribution < -0.4 is 4.74 Å². The average Bonchev–Trinajstić information content (AvgIpc) is 2.79. The van der Waals surface area contributed by atoms with Gasteiger partial charge in [0, 0.05) is 18.2 Å². The predicted molar refractivity (Wildman–Crippen MR) is 80.7 cm³/mol. The lowest BCUT2D eigenvalue weighted by Crippen LogP contribution is -2.34. The van der Waals surface area contributed by atoms with Crippen LogP contribution in [-0.2, 0) is 16.6 Å². The van der Waals surface area contributed by atoms with Gasteiger partial charge in [0.25, 0.3) is 0 Å². The van der Waals surface area contributed by atoms with E-state index < -0.39 is 10.0 Å². The first-order valence-electron chi connectivity index (χ1n) is 7.28. The smallest absolute Gasteiger partial charge is 0.243 e. The number of aliphatic hydroxyl groups is 1. The molecule has 2 atom stereocenters. The Morgan fingerprint density at radius 3 is 2.62 bits per heavy atom. The van der Waals surface area contributed by atoms with Gasteiger partial charge in [-0.15, -0.1) is 0 Å². The van der Waals surface area contributed by atoms with E-state index in [9.17, 15) is 13.5 Å². The minimum Gasteiger partial charge on any atom is -0.494 e. The number of nitrogens with zero attached hydrogens (tertiary/aromatic N) is 1. The molecule has 1 N–H and O–H groups in total. The van der Waals surface area contributed by atoms with Crippen molar-refractivity contribution >= 4 is 10.0 Å². The van der Waals surface area contributed by atoms with Crippen LogP contribution in [0, 0.1) is 5.92 Å². The number of rotatable bonds is 5. The summed E-state index contributed by atoms with van der Waals surface area (Å²) in [5.41, 5.74) is 0.498. The van der Waals surface area contributed by atoms with E-state index in [0.717, 1.165) is 6.42 Å². The quantitative estimate of drug-likeness (QED) is 0.903. The summed E-state index contributed by atoms with van der Waals surface area (Å²) in [4.78, 5) is 0.218. The summed E-state index contributed by atoms with van der Waals surface area (Å²) in [5, 5.41) is 9.41. The van der Waals surface area contributed by atoms with Crippen LogP contribution in [0.5, 0.6) is 5.75 Å². The summed E-state index contributed by atoms with van der Waals surface area (Å²) in [7, 11) is -3.52. The van der Waals surface area contributed by atoms with Gasteiger partial charge in [0.1, 0.15) is 5.75 Å². The van der Waals surface area contributed by atoms with E-state index in [1.807, 2.05) is 13.8 Å². The van der Waals surface area contributed by atoms with Crippen LogP contribution in [0.4, 0.5) is 0 Å². The Balaban J connectivity index is 2.36. The lowest BCUT2D eigenvalue weighted by Gasteiger charge is -2.21. The van der Waals surface area contributed by atoms with Crippen molar-refractivity contribution in [1.82, 2.24) is 4.31 Å². The second-order valence-electron chi connectivity index (χ2n) is 5.63. The molecular formula is C15H23NO4S. The van der Waals surface area contributed by atoms with E-state index in [4.69, 9.17) is 4.74 Å². The summed E-state index contributed by atoms with van der Waals surface area (Å²) in [6, 6.07) is 4.69. The van der Waals surface area contributed by atoms with Gasteiger partial charge in [-0.25, -0.2) is 8.42 Å². The summed E-state index contributed by atoms with van der Waals surface area (Å²) < 4.78 is 32.4. The molecule has 1 aromatic carbocycles. The first-order chi connectivity index (χ1) is 9.90. The van der Waals surface area contributed by atoms with E-state index in [2.05, 4.69) is 6.92 Å². The molecule has 2 unspecified atom stereocenters. The van der Waals surface area contributed by atoms with Crippen LogP contribution in [0.1, 0.15) is 32.8 Å². The number of sulfonamides is 1. The fourth-order valence-corrected chi connectivity index (χ4v) is 4.68. The Morgan fingerprint density at radius 1 is 1.38 bits per heavy atom. The molecule has 0 saturated carbocycles. The molecule has 0 aromatic heterocycles. The van der Waals surface area contributed by atoms with Gasteiger partial charge < -0.3 is 9.84 Å². The van der Waals surface area contributed by atoms with Crippen LogP contribution in [0.3, 0.4) is 0 Å². The topological polar surface area (TPSA) is 66.8 Å². The Kier molecular flexibility index (Phi) is 4.91. The van der Waals surface area contributed by atoms with Crippen molar-refractivity contribution in [3.8, 4) is 5.75 Å². The third kappa shape index (κ3) is 3.22. The molecule has 1 heterocycles. The molecule has 0 bridgehead atoms. The van der Waals surface area contributed by atoms with Gasteiger partial charge in [-0.1, -0.05) is 6.92 Å². The van der Waals surface area contributed by atoms with Gasteiger partial charge in [0.05, 0.1) is 18.1 Å². The molecular weight excluding hydrogens is 290 g/mol. The van der Waals surface area contributed by atoms with Crippen molar-refractivity contribution in [3.05, 3.63) is 23.8 Å². The van der Waals surface area contributed by atoms with Crippen LogP contribution in [-0.4, -0.2) is 37.0 Å². The fraction of sp³-hybridized carbons (Fsp3) is 0.600. The largest absolute Gasteiger partial charge is 0.494 e. The molecule has 1 aliphatic rings. The zero-order chi connectivity index (χ0) is 15.6. The van der Waals surface area contributed by atoms with Crippen molar-refractivity contribution < 1.29 is 18.3 Å². The van der Waals surface area contributed by atoms with Crippen molar-refractivity contribution in [3.63, 3.8) is 0 Å². The van der Waals surface area contributed by atoms with Crippen molar-refractivity contribution in [2.45, 2.75) is 44.7 Å². The van der Waals surface area contributed by atoms with Gasteiger partial charge in [-0.3, -0.25) is 0 Å². The molecule has 1 saturated heterocycles. The van der Waals surface area contributed by atoms with Gasteiger partial charge in [-0.05, 0) is 44.4 Å². The molecule has 0 aliphatic carbocycles. The molecule has 2 rings (SSSR count). The van der Waals surface area contributed by atoms with Crippen LogP contribution in [0.25, 0.3) is 0 Å². The minimum atomic E-state index is -3.52. The van der Waals surface area contributed by atoms with E-state index >= 15 is 0 Å². The third-order valence-electron chi connectivity index (χ3n) is 3.84. The lowest BCUT2D eigenvalue weighted by molar-refractivity contribution is 0.266. The van der Waals surface area contributed by atoms with Crippen molar-refractivity contribution in [2.75, 3.05) is 13.2 Å². The first kappa shape index (κ1) is 16.3. The summed E-state index contributed by atoms with van der Waals surface area (Å²) in [6.45, 7) is 6.61. The van der Waals surface area contributed by atoms with Gasteiger partial charge in [-0.2, -0.15) is 4.31 Å². The van der Waals surface area contributed by atoms with Crippen molar-refractivity contribution in [1.29, 1.82) is 0 Å².